The molecule has 0 radical (unpaired) electrons. The minimum absolute atomic E-state index is 0.126. The Bertz CT molecular complexity index is 765. The molecule has 3 aromatic rings. The Morgan fingerprint density at radius 3 is 2.70 bits per heavy atom. The van der Waals surface area contributed by atoms with Gasteiger partial charge in [-0.05, 0) is 24.3 Å². The van der Waals surface area contributed by atoms with Gasteiger partial charge in [-0.1, -0.05) is 6.07 Å². The van der Waals surface area contributed by atoms with E-state index < -0.39 is 0 Å². The molecule has 0 aliphatic rings. The van der Waals surface area contributed by atoms with Crippen LogP contribution in [0, 0.1) is 5.41 Å². The van der Waals surface area contributed by atoms with Crippen LogP contribution in [-0.4, -0.2) is 20.8 Å². The van der Waals surface area contributed by atoms with E-state index in [0.717, 1.165) is 10.9 Å². The number of aromatic nitrogens is 3. The molecule has 0 atom stereocenters. The number of nitrogens with two attached hydrogens (primary N) is 1. The number of hydrogen-bond acceptors (Lipinski definition) is 5. The lowest BCUT2D eigenvalue weighted by atomic mass is 10.2. The maximum Gasteiger partial charge on any atom is 0.237 e. The predicted octanol–water partition coefficient (Wildman–Crippen LogP) is 2.10. The van der Waals surface area contributed by atoms with Crippen LogP contribution in [0.4, 0.5) is 0 Å². The Kier molecular flexibility index (Phi) is 2.96. The van der Waals surface area contributed by atoms with Crippen molar-refractivity contribution in [1.29, 1.82) is 5.41 Å². The van der Waals surface area contributed by atoms with Crippen molar-refractivity contribution in [2.45, 2.75) is 0 Å². The largest absolute Gasteiger partial charge is 0.437 e. The summed E-state index contributed by atoms with van der Waals surface area (Å²) in [4.78, 5) is 12.3. The third kappa shape index (κ3) is 2.26. The second-order valence-electron chi connectivity index (χ2n) is 4.08. The highest BCUT2D eigenvalue weighted by Gasteiger charge is 2.06. The Balaban J connectivity index is 1.95. The Morgan fingerprint density at radius 1 is 1.05 bits per heavy atom. The van der Waals surface area contributed by atoms with Crippen LogP contribution in [-0.2, 0) is 0 Å². The van der Waals surface area contributed by atoms with Crippen LogP contribution in [0.15, 0.2) is 48.9 Å². The van der Waals surface area contributed by atoms with Crippen molar-refractivity contribution in [2.24, 2.45) is 5.73 Å². The summed E-state index contributed by atoms with van der Waals surface area (Å²) in [5, 5.41) is 8.16. The second kappa shape index (κ2) is 4.93. The van der Waals surface area contributed by atoms with E-state index in [1.165, 1.54) is 12.4 Å². The zero-order valence-electron chi connectivity index (χ0n) is 10.4. The van der Waals surface area contributed by atoms with E-state index in [9.17, 15) is 0 Å². The number of ether oxygens (including phenoxy) is 1. The first kappa shape index (κ1) is 12.0. The molecule has 0 saturated carbocycles. The molecule has 0 aliphatic carbocycles. The van der Waals surface area contributed by atoms with Crippen LogP contribution < -0.4 is 10.5 Å². The minimum atomic E-state index is -0.126. The molecule has 1 aromatic carbocycles. The molecule has 0 unspecified atom stereocenters. The van der Waals surface area contributed by atoms with Gasteiger partial charge in [0.25, 0.3) is 0 Å². The smallest absolute Gasteiger partial charge is 0.237 e. The number of pyridine rings is 1. The normalized spacial score (nSPS) is 10.4. The number of fused-ring (bicyclic) bond motifs is 1. The Hall–Kier alpha value is -3.02. The zero-order chi connectivity index (χ0) is 13.9. The highest BCUT2D eigenvalue weighted by molar-refractivity contribution is 5.92. The van der Waals surface area contributed by atoms with Crippen molar-refractivity contribution < 1.29 is 4.74 Å². The molecule has 3 rings (SSSR count). The molecule has 0 saturated heterocycles. The third-order valence-corrected chi connectivity index (χ3v) is 2.72. The van der Waals surface area contributed by atoms with E-state index in [-0.39, 0.29) is 5.84 Å². The van der Waals surface area contributed by atoms with Crippen molar-refractivity contribution in [2.75, 3.05) is 0 Å². The first-order valence-corrected chi connectivity index (χ1v) is 5.92. The number of nitrogen functional groups attached to an aromatic ring is 1. The summed E-state index contributed by atoms with van der Waals surface area (Å²) in [6.45, 7) is 0. The van der Waals surface area contributed by atoms with Gasteiger partial charge >= 0.3 is 0 Å². The van der Waals surface area contributed by atoms with Gasteiger partial charge in [0.05, 0.1) is 17.9 Å². The fraction of sp³-hybridized carbons (Fsp3) is 0. The summed E-state index contributed by atoms with van der Waals surface area (Å²) in [7, 11) is 0. The minimum Gasteiger partial charge on any atom is -0.437 e. The SMILES string of the molecule is N=C(N)c1cnc(Oc2cccc3ncccc23)cn1. The maximum absolute atomic E-state index is 7.26. The van der Waals surface area contributed by atoms with Crippen molar-refractivity contribution in [3.05, 3.63) is 54.6 Å². The number of benzene rings is 1. The molecule has 0 bridgehead atoms. The quantitative estimate of drug-likeness (QED) is 0.558. The zero-order valence-corrected chi connectivity index (χ0v) is 10.4. The lowest BCUT2D eigenvalue weighted by Crippen LogP contribution is -2.13. The van der Waals surface area contributed by atoms with Crippen molar-refractivity contribution >= 4 is 16.7 Å². The summed E-state index contributed by atoms with van der Waals surface area (Å²) in [6, 6.07) is 9.38. The van der Waals surface area contributed by atoms with Crippen molar-refractivity contribution in [1.82, 2.24) is 15.0 Å². The Morgan fingerprint density at radius 2 is 1.95 bits per heavy atom. The summed E-state index contributed by atoms with van der Waals surface area (Å²) >= 11 is 0. The number of nitrogens with one attached hydrogen (secondary N) is 1. The van der Waals surface area contributed by atoms with Crippen LogP contribution in [0.5, 0.6) is 11.6 Å². The Labute approximate surface area is 114 Å². The van der Waals surface area contributed by atoms with Gasteiger partial charge in [0, 0.05) is 11.6 Å². The van der Waals surface area contributed by atoms with Crippen LogP contribution in [0.3, 0.4) is 0 Å². The monoisotopic (exact) mass is 265 g/mol. The molecule has 98 valence electrons. The average molecular weight is 265 g/mol. The first-order valence-electron chi connectivity index (χ1n) is 5.92. The third-order valence-electron chi connectivity index (χ3n) is 2.72. The van der Waals surface area contributed by atoms with E-state index in [2.05, 4.69) is 15.0 Å². The van der Waals surface area contributed by atoms with Gasteiger partial charge < -0.3 is 10.5 Å². The second-order valence-corrected chi connectivity index (χ2v) is 4.08. The molecule has 6 nitrogen and oxygen atoms in total. The molecule has 0 aliphatic heterocycles. The molecule has 6 heteroatoms. The van der Waals surface area contributed by atoms with Gasteiger partial charge in [-0.3, -0.25) is 10.4 Å². The number of nitrogens with zero attached hydrogens (tertiary/aromatic N) is 3. The topological polar surface area (TPSA) is 97.8 Å². The summed E-state index contributed by atoms with van der Waals surface area (Å²) < 4.78 is 5.70. The highest BCUT2D eigenvalue weighted by Crippen LogP contribution is 2.27. The van der Waals surface area contributed by atoms with E-state index in [0.29, 0.717) is 17.3 Å². The van der Waals surface area contributed by atoms with Gasteiger partial charge in [-0.15, -0.1) is 0 Å². The molecule has 20 heavy (non-hydrogen) atoms. The summed E-state index contributed by atoms with van der Waals surface area (Å²) in [5.74, 6) is 0.866. The fourth-order valence-electron chi connectivity index (χ4n) is 1.78. The van der Waals surface area contributed by atoms with Gasteiger partial charge in [0.2, 0.25) is 5.88 Å². The maximum atomic E-state index is 7.26. The van der Waals surface area contributed by atoms with Crippen LogP contribution >= 0.6 is 0 Å². The van der Waals surface area contributed by atoms with Crippen LogP contribution in [0.2, 0.25) is 0 Å². The standard InChI is InChI=1S/C14H11N5O/c15-14(16)11-7-19-13(8-18-11)20-12-5-1-4-10-9(12)3-2-6-17-10/h1-8H,(H3,15,16). The van der Waals surface area contributed by atoms with Crippen molar-refractivity contribution in [3.8, 4) is 11.6 Å². The van der Waals surface area contributed by atoms with Gasteiger partial charge in [0.1, 0.15) is 17.3 Å². The lowest BCUT2D eigenvalue weighted by Gasteiger charge is -2.07. The van der Waals surface area contributed by atoms with E-state index in [1.54, 1.807) is 6.20 Å². The van der Waals surface area contributed by atoms with Crippen LogP contribution in [0.25, 0.3) is 10.9 Å². The fourth-order valence-corrected chi connectivity index (χ4v) is 1.78. The van der Waals surface area contributed by atoms with Gasteiger partial charge in [-0.25, -0.2) is 9.97 Å². The first-order chi connectivity index (χ1) is 9.74. The molecule has 0 amide bonds. The highest BCUT2D eigenvalue weighted by atomic mass is 16.5. The molecule has 3 N–H and O–H groups in total. The van der Waals surface area contributed by atoms with E-state index in [4.69, 9.17) is 15.9 Å². The molecule has 2 heterocycles. The molecule has 0 spiro atoms. The van der Waals surface area contributed by atoms with E-state index in [1.807, 2.05) is 30.3 Å². The van der Waals surface area contributed by atoms with Gasteiger partial charge in [-0.2, -0.15) is 0 Å². The van der Waals surface area contributed by atoms with Gasteiger partial charge in [0.15, 0.2) is 0 Å². The number of hydrogen-bond donors (Lipinski definition) is 2. The summed E-state index contributed by atoms with van der Waals surface area (Å²) in [5.41, 5.74) is 6.48. The molecule has 0 fully saturated rings. The summed E-state index contributed by atoms with van der Waals surface area (Å²) in [6.07, 6.45) is 4.57. The molecular formula is C14H11N5O. The van der Waals surface area contributed by atoms with Crippen LogP contribution in [0.1, 0.15) is 5.69 Å². The molecule has 2 aromatic heterocycles. The number of rotatable bonds is 3. The average Bonchev–Trinajstić information content (AvgIpc) is 2.48. The van der Waals surface area contributed by atoms with Crippen molar-refractivity contribution in [3.63, 3.8) is 0 Å². The number of amidine groups is 1. The predicted molar refractivity (Wildman–Crippen MR) is 74.9 cm³/mol. The molecular weight excluding hydrogens is 254 g/mol. The van der Waals surface area contributed by atoms with E-state index >= 15 is 0 Å². The lowest BCUT2D eigenvalue weighted by molar-refractivity contribution is 0.465.